The minimum Gasteiger partial charge on any atom is -0.495 e. The van der Waals surface area contributed by atoms with Crippen molar-refractivity contribution in [1.82, 2.24) is 9.44 Å². The van der Waals surface area contributed by atoms with Crippen LogP contribution in [0.25, 0.3) is 0 Å². The van der Waals surface area contributed by atoms with Crippen molar-refractivity contribution < 1.29 is 36.5 Å². The molecule has 2 atom stereocenters. The van der Waals surface area contributed by atoms with E-state index in [2.05, 4.69) is 9.44 Å². The first-order valence-electron chi connectivity index (χ1n) is 8.62. The molecular weight excluding hydrogens is 412 g/mol. The normalized spacial score (nSPS) is 14.5. The van der Waals surface area contributed by atoms with Crippen molar-refractivity contribution in [1.29, 1.82) is 0 Å². The van der Waals surface area contributed by atoms with E-state index in [0.717, 1.165) is 12.1 Å². The lowest BCUT2D eigenvalue weighted by atomic mass is 10.3. The van der Waals surface area contributed by atoms with Gasteiger partial charge in [0.2, 0.25) is 20.0 Å². The Bertz CT molecular complexity index is 780. The maximum absolute atomic E-state index is 12.8. The first-order chi connectivity index (χ1) is 13.1. The smallest absolute Gasteiger partial charge is 0.244 e. The van der Waals surface area contributed by atoms with Crippen molar-refractivity contribution in [2.45, 2.75) is 48.6 Å². The zero-order chi connectivity index (χ0) is 21.5. The van der Waals surface area contributed by atoms with Crippen LogP contribution in [0.2, 0.25) is 0 Å². The first-order valence-corrected chi connectivity index (χ1v) is 11.6. The highest BCUT2D eigenvalue weighted by molar-refractivity contribution is 7.90. The van der Waals surface area contributed by atoms with E-state index in [4.69, 9.17) is 9.47 Å². The number of hydrogen-bond acceptors (Lipinski definition) is 8. The predicted molar refractivity (Wildman–Crippen MR) is 103 cm³/mol. The van der Waals surface area contributed by atoms with E-state index >= 15 is 0 Å². The highest BCUT2D eigenvalue weighted by Gasteiger charge is 2.30. The van der Waals surface area contributed by atoms with E-state index in [9.17, 15) is 27.0 Å². The highest BCUT2D eigenvalue weighted by atomic mass is 32.2. The van der Waals surface area contributed by atoms with Crippen LogP contribution in [0.4, 0.5) is 0 Å². The number of sulfonamides is 2. The zero-order valence-corrected chi connectivity index (χ0v) is 17.9. The molecule has 0 heterocycles. The zero-order valence-electron chi connectivity index (χ0n) is 16.3. The van der Waals surface area contributed by atoms with Gasteiger partial charge in [0, 0.05) is 18.2 Å². The first kappa shape index (κ1) is 24.6. The van der Waals surface area contributed by atoms with Gasteiger partial charge in [-0.25, -0.2) is 26.3 Å². The van der Waals surface area contributed by atoms with Crippen LogP contribution < -0.4 is 18.9 Å². The summed E-state index contributed by atoms with van der Waals surface area (Å²) in [6, 6.07) is 0.599. The lowest BCUT2D eigenvalue weighted by Gasteiger charge is -2.20. The molecule has 4 N–H and O–H groups in total. The summed E-state index contributed by atoms with van der Waals surface area (Å²) >= 11 is 0. The molecular formula is C16H28N2O8S2. The average molecular weight is 441 g/mol. The van der Waals surface area contributed by atoms with Gasteiger partial charge in [0.15, 0.2) is 0 Å². The van der Waals surface area contributed by atoms with Gasteiger partial charge in [-0.05, 0) is 18.9 Å². The van der Waals surface area contributed by atoms with E-state index < -0.39 is 55.1 Å². The molecule has 0 aliphatic heterocycles. The van der Waals surface area contributed by atoms with Crippen LogP contribution >= 0.6 is 0 Å². The van der Waals surface area contributed by atoms with Gasteiger partial charge in [0.25, 0.3) is 0 Å². The Labute approximate surface area is 166 Å². The Hall–Kier alpha value is -1.44. The predicted octanol–water partition coefficient (Wildman–Crippen LogP) is -0.198. The molecule has 12 heteroatoms. The van der Waals surface area contributed by atoms with Crippen LogP contribution in [0.15, 0.2) is 21.9 Å². The molecule has 0 saturated carbocycles. The fourth-order valence-corrected chi connectivity index (χ4v) is 5.38. The number of benzene rings is 1. The van der Waals surface area contributed by atoms with E-state index in [1.54, 1.807) is 13.8 Å². The van der Waals surface area contributed by atoms with E-state index in [0.29, 0.717) is 12.8 Å². The number of aliphatic hydroxyl groups excluding tert-OH is 2. The lowest BCUT2D eigenvalue weighted by molar-refractivity contribution is 0.253. The molecule has 0 aliphatic rings. The number of nitrogens with one attached hydrogen (secondary N) is 2. The SMILES string of the molecule is CC[C@H](CO)NS(=O)(=O)c1cc(S(=O)(=O)N[C@H](CC)CO)c(OC)cc1OC. The lowest BCUT2D eigenvalue weighted by Crippen LogP contribution is -2.38. The van der Waals surface area contributed by atoms with Gasteiger partial charge in [-0.3, -0.25) is 0 Å². The van der Waals surface area contributed by atoms with Crippen LogP contribution in [0.3, 0.4) is 0 Å². The molecule has 1 aromatic carbocycles. The second-order valence-corrected chi connectivity index (χ2v) is 9.34. The number of methoxy groups -OCH3 is 2. The molecule has 0 unspecified atom stereocenters. The number of aliphatic hydroxyl groups is 2. The largest absolute Gasteiger partial charge is 0.495 e. The molecule has 1 rings (SSSR count). The summed E-state index contributed by atoms with van der Waals surface area (Å²) in [5.74, 6) is -0.240. The van der Waals surface area contributed by atoms with Crippen LogP contribution in [0.1, 0.15) is 26.7 Å². The molecule has 0 radical (unpaired) electrons. The fourth-order valence-electron chi connectivity index (χ4n) is 2.33. The number of hydrogen-bond donors (Lipinski definition) is 4. The van der Waals surface area contributed by atoms with Crippen LogP contribution in [0, 0.1) is 0 Å². The van der Waals surface area contributed by atoms with Gasteiger partial charge in [0.1, 0.15) is 21.3 Å². The summed E-state index contributed by atoms with van der Waals surface area (Å²) < 4.78 is 65.8. The molecule has 0 aliphatic carbocycles. The second-order valence-electron chi connectivity index (χ2n) is 5.97. The Kier molecular flexibility index (Phi) is 9.11. The van der Waals surface area contributed by atoms with E-state index in [1.165, 1.54) is 14.2 Å². The summed E-state index contributed by atoms with van der Waals surface area (Å²) in [4.78, 5) is -0.833. The Morgan fingerprint density at radius 2 is 1.18 bits per heavy atom. The van der Waals surface area contributed by atoms with Crippen molar-refractivity contribution in [2.75, 3.05) is 27.4 Å². The molecule has 0 amide bonds. The van der Waals surface area contributed by atoms with Crippen LogP contribution in [-0.4, -0.2) is 66.6 Å². The fraction of sp³-hybridized carbons (Fsp3) is 0.625. The minimum absolute atomic E-state index is 0.120. The monoisotopic (exact) mass is 440 g/mol. The standard InChI is InChI=1S/C16H28N2O8S2/c1-5-11(9-19)17-27(21,22)15-8-16(14(26-4)7-13(15)25-3)28(23,24)18-12(6-2)10-20/h7-8,11-12,17-20H,5-6,9-10H2,1-4H3/t11-,12-/m1/s1. The van der Waals surface area contributed by atoms with Crippen molar-refractivity contribution in [3.8, 4) is 11.5 Å². The average Bonchev–Trinajstić information content (AvgIpc) is 2.68. The summed E-state index contributed by atoms with van der Waals surface area (Å²) in [6.45, 7) is 2.54. The molecule has 1 aromatic rings. The number of rotatable bonds is 12. The molecule has 162 valence electrons. The minimum atomic E-state index is -4.21. The molecule has 0 fully saturated rings. The van der Waals surface area contributed by atoms with Gasteiger partial charge >= 0.3 is 0 Å². The molecule has 10 nitrogen and oxygen atoms in total. The Balaban J connectivity index is 3.58. The maximum atomic E-state index is 12.8. The van der Waals surface area contributed by atoms with Crippen LogP contribution in [0.5, 0.6) is 11.5 Å². The topological polar surface area (TPSA) is 151 Å². The van der Waals surface area contributed by atoms with Crippen molar-refractivity contribution >= 4 is 20.0 Å². The van der Waals surface area contributed by atoms with E-state index in [-0.39, 0.29) is 11.5 Å². The third-order valence-corrected chi connectivity index (χ3v) is 7.18. The molecule has 28 heavy (non-hydrogen) atoms. The number of ether oxygens (including phenoxy) is 2. The van der Waals surface area contributed by atoms with Crippen molar-refractivity contribution in [3.05, 3.63) is 12.1 Å². The quantitative estimate of drug-likeness (QED) is 0.349. The van der Waals surface area contributed by atoms with Gasteiger partial charge in [-0.15, -0.1) is 0 Å². The summed E-state index contributed by atoms with van der Waals surface area (Å²) in [6.07, 6.45) is 0.658. The van der Waals surface area contributed by atoms with Crippen molar-refractivity contribution in [2.24, 2.45) is 0 Å². The molecule has 0 bridgehead atoms. The maximum Gasteiger partial charge on any atom is 0.244 e. The summed E-state index contributed by atoms with van der Waals surface area (Å²) in [5.41, 5.74) is 0. The highest BCUT2D eigenvalue weighted by Crippen LogP contribution is 2.35. The Morgan fingerprint density at radius 3 is 1.43 bits per heavy atom. The van der Waals surface area contributed by atoms with Crippen molar-refractivity contribution in [3.63, 3.8) is 0 Å². The van der Waals surface area contributed by atoms with Gasteiger partial charge in [-0.2, -0.15) is 0 Å². The van der Waals surface area contributed by atoms with Crippen LogP contribution in [-0.2, 0) is 20.0 Å². The van der Waals surface area contributed by atoms with E-state index in [1.807, 2.05) is 0 Å². The molecule has 0 aromatic heterocycles. The third kappa shape index (κ3) is 5.78. The molecule has 0 spiro atoms. The summed E-state index contributed by atoms with van der Waals surface area (Å²) in [5, 5.41) is 18.5. The van der Waals surface area contributed by atoms with Gasteiger partial charge < -0.3 is 19.7 Å². The van der Waals surface area contributed by atoms with Gasteiger partial charge in [0.05, 0.1) is 27.4 Å². The second kappa shape index (κ2) is 10.4. The Morgan fingerprint density at radius 1 is 0.821 bits per heavy atom. The summed E-state index contributed by atoms with van der Waals surface area (Å²) in [7, 11) is -5.93. The third-order valence-electron chi connectivity index (χ3n) is 4.10. The molecule has 0 saturated heterocycles. The van der Waals surface area contributed by atoms with Gasteiger partial charge in [-0.1, -0.05) is 13.8 Å².